The summed E-state index contributed by atoms with van der Waals surface area (Å²) >= 11 is 0. The van der Waals surface area contributed by atoms with Crippen LogP contribution in [-0.2, 0) is 13.1 Å². The van der Waals surface area contributed by atoms with E-state index in [0.29, 0.717) is 0 Å². The van der Waals surface area contributed by atoms with Gasteiger partial charge in [0.1, 0.15) is 0 Å². The smallest absolute Gasteiger partial charge is 0.0641 e. The molecule has 0 radical (unpaired) electrons. The maximum Gasteiger partial charge on any atom is 0.0641 e. The van der Waals surface area contributed by atoms with Gasteiger partial charge in [-0.15, -0.1) is 0 Å². The lowest BCUT2D eigenvalue weighted by Crippen LogP contribution is -2.16. The van der Waals surface area contributed by atoms with Crippen LogP contribution >= 0.6 is 0 Å². The zero-order valence-corrected chi connectivity index (χ0v) is 11.9. The van der Waals surface area contributed by atoms with Crippen molar-refractivity contribution >= 4 is 0 Å². The lowest BCUT2D eigenvalue weighted by molar-refractivity contribution is 0.379. The lowest BCUT2D eigenvalue weighted by Gasteiger charge is -2.10. The summed E-state index contributed by atoms with van der Waals surface area (Å²) in [4.78, 5) is 2.21. The molecule has 4 nitrogen and oxygen atoms in total. The van der Waals surface area contributed by atoms with Crippen molar-refractivity contribution in [3.8, 4) is 0 Å². The summed E-state index contributed by atoms with van der Waals surface area (Å²) in [6.45, 7) is 10.5. The van der Waals surface area contributed by atoms with Crippen LogP contribution in [0.1, 0.15) is 30.3 Å². The molecule has 0 amide bonds. The Morgan fingerprint density at radius 1 is 1.29 bits per heavy atom. The zero-order chi connectivity index (χ0) is 12.8. The molecule has 98 valence electrons. The standard InChI is InChI=1S/C13H26N4/c1-6-14-10-13-11(2)15-17(12(13)3)9-7-8-16(4)5/h14H,6-10H2,1-5H3. The van der Waals surface area contributed by atoms with Crippen molar-refractivity contribution < 1.29 is 0 Å². The van der Waals surface area contributed by atoms with Crippen molar-refractivity contribution in [2.24, 2.45) is 0 Å². The molecule has 0 bridgehead atoms. The molecule has 0 unspecified atom stereocenters. The number of hydrogen-bond donors (Lipinski definition) is 1. The van der Waals surface area contributed by atoms with Gasteiger partial charge in [0, 0.05) is 24.3 Å². The first-order valence-electron chi connectivity index (χ1n) is 6.44. The molecular formula is C13H26N4. The molecule has 0 aliphatic heterocycles. The summed E-state index contributed by atoms with van der Waals surface area (Å²) in [6, 6.07) is 0. The van der Waals surface area contributed by atoms with E-state index < -0.39 is 0 Å². The second-order valence-electron chi connectivity index (χ2n) is 4.81. The van der Waals surface area contributed by atoms with Gasteiger partial charge in [-0.2, -0.15) is 5.10 Å². The Morgan fingerprint density at radius 3 is 2.59 bits per heavy atom. The van der Waals surface area contributed by atoms with E-state index in [-0.39, 0.29) is 0 Å². The molecule has 0 aliphatic carbocycles. The second-order valence-corrected chi connectivity index (χ2v) is 4.81. The second kappa shape index (κ2) is 6.77. The van der Waals surface area contributed by atoms with Crippen LogP contribution in [0.15, 0.2) is 0 Å². The Hall–Kier alpha value is -0.870. The van der Waals surface area contributed by atoms with E-state index in [9.17, 15) is 0 Å². The Morgan fingerprint density at radius 2 is 2.00 bits per heavy atom. The molecule has 0 aliphatic rings. The molecule has 0 fully saturated rings. The number of nitrogens with zero attached hydrogens (tertiary/aromatic N) is 3. The van der Waals surface area contributed by atoms with Crippen molar-refractivity contribution in [3.05, 3.63) is 17.0 Å². The minimum atomic E-state index is 0.932. The SMILES string of the molecule is CCNCc1c(C)nn(CCCN(C)C)c1C. The highest BCUT2D eigenvalue weighted by atomic mass is 15.3. The van der Waals surface area contributed by atoms with Gasteiger partial charge in [-0.3, -0.25) is 4.68 Å². The van der Waals surface area contributed by atoms with Gasteiger partial charge in [-0.05, 0) is 47.5 Å². The van der Waals surface area contributed by atoms with E-state index in [1.807, 2.05) is 0 Å². The number of rotatable bonds is 7. The number of nitrogens with one attached hydrogen (secondary N) is 1. The molecule has 1 aromatic rings. The molecule has 0 spiro atoms. The summed E-state index contributed by atoms with van der Waals surface area (Å²) in [7, 11) is 4.22. The fraction of sp³-hybridized carbons (Fsp3) is 0.769. The molecule has 4 heteroatoms. The molecule has 1 heterocycles. The van der Waals surface area contributed by atoms with Gasteiger partial charge >= 0.3 is 0 Å². The summed E-state index contributed by atoms with van der Waals surface area (Å²) in [5.74, 6) is 0. The third-order valence-electron chi connectivity index (χ3n) is 3.06. The van der Waals surface area contributed by atoms with Crippen molar-refractivity contribution in [2.45, 2.75) is 40.3 Å². The average molecular weight is 238 g/mol. The summed E-state index contributed by atoms with van der Waals surface area (Å²) in [5.41, 5.74) is 3.83. The zero-order valence-electron chi connectivity index (χ0n) is 11.9. The van der Waals surface area contributed by atoms with Crippen LogP contribution in [0.3, 0.4) is 0 Å². The van der Waals surface area contributed by atoms with Gasteiger partial charge < -0.3 is 10.2 Å². The fourth-order valence-corrected chi connectivity index (χ4v) is 1.99. The molecule has 1 N–H and O–H groups in total. The highest BCUT2D eigenvalue weighted by Crippen LogP contribution is 2.13. The first kappa shape index (κ1) is 14.2. The van der Waals surface area contributed by atoms with E-state index in [1.54, 1.807) is 0 Å². The summed E-state index contributed by atoms with van der Waals surface area (Å²) in [6.07, 6.45) is 1.15. The van der Waals surface area contributed by atoms with E-state index in [1.165, 1.54) is 11.3 Å². The molecule has 1 aromatic heterocycles. The Balaban J connectivity index is 2.61. The summed E-state index contributed by atoms with van der Waals surface area (Å²) in [5, 5.41) is 7.99. The normalized spacial score (nSPS) is 11.4. The predicted molar refractivity (Wildman–Crippen MR) is 72.3 cm³/mol. The highest BCUT2D eigenvalue weighted by Gasteiger charge is 2.10. The van der Waals surface area contributed by atoms with Gasteiger partial charge in [-0.25, -0.2) is 0 Å². The first-order chi connectivity index (χ1) is 8.06. The van der Waals surface area contributed by atoms with Crippen LogP contribution in [0.2, 0.25) is 0 Å². The van der Waals surface area contributed by atoms with Crippen LogP contribution in [0.25, 0.3) is 0 Å². The van der Waals surface area contributed by atoms with Gasteiger partial charge in [0.25, 0.3) is 0 Å². The van der Waals surface area contributed by atoms with Gasteiger partial charge in [-0.1, -0.05) is 6.92 Å². The molecular weight excluding hydrogens is 212 g/mol. The van der Waals surface area contributed by atoms with Crippen molar-refractivity contribution in [1.82, 2.24) is 20.0 Å². The van der Waals surface area contributed by atoms with Gasteiger partial charge in [0.2, 0.25) is 0 Å². The predicted octanol–water partition coefficient (Wildman–Crippen LogP) is 1.56. The minimum Gasteiger partial charge on any atom is -0.313 e. The number of hydrogen-bond acceptors (Lipinski definition) is 3. The molecule has 0 atom stereocenters. The lowest BCUT2D eigenvalue weighted by atomic mass is 10.2. The van der Waals surface area contributed by atoms with Gasteiger partial charge in [0.05, 0.1) is 5.69 Å². The third kappa shape index (κ3) is 4.13. The Bertz CT molecular complexity index is 341. The molecule has 0 saturated carbocycles. The average Bonchev–Trinajstić information content (AvgIpc) is 2.52. The van der Waals surface area contributed by atoms with E-state index >= 15 is 0 Å². The van der Waals surface area contributed by atoms with Crippen LogP contribution in [-0.4, -0.2) is 41.9 Å². The van der Waals surface area contributed by atoms with E-state index in [2.05, 4.69) is 54.9 Å². The topological polar surface area (TPSA) is 33.1 Å². The molecule has 1 rings (SSSR count). The number of aromatic nitrogens is 2. The quantitative estimate of drug-likeness (QED) is 0.782. The highest BCUT2D eigenvalue weighted by molar-refractivity contribution is 5.24. The monoisotopic (exact) mass is 238 g/mol. The van der Waals surface area contributed by atoms with Crippen LogP contribution in [0.5, 0.6) is 0 Å². The van der Waals surface area contributed by atoms with E-state index in [0.717, 1.165) is 38.3 Å². The maximum absolute atomic E-state index is 4.62. The van der Waals surface area contributed by atoms with Gasteiger partial charge in [0.15, 0.2) is 0 Å². The molecule has 0 aromatic carbocycles. The van der Waals surface area contributed by atoms with Crippen LogP contribution < -0.4 is 5.32 Å². The Labute approximate surface area is 105 Å². The largest absolute Gasteiger partial charge is 0.313 e. The first-order valence-corrected chi connectivity index (χ1v) is 6.44. The third-order valence-corrected chi connectivity index (χ3v) is 3.06. The molecule has 17 heavy (non-hydrogen) atoms. The van der Waals surface area contributed by atoms with Crippen molar-refractivity contribution in [2.75, 3.05) is 27.2 Å². The summed E-state index contributed by atoms with van der Waals surface area (Å²) < 4.78 is 2.14. The fourth-order valence-electron chi connectivity index (χ4n) is 1.99. The van der Waals surface area contributed by atoms with Crippen molar-refractivity contribution in [1.29, 1.82) is 0 Å². The Kier molecular flexibility index (Phi) is 5.65. The van der Waals surface area contributed by atoms with Crippen LogP contribution in [0, 0.1) is 13.8 Å². The minimum absolute atomic E-state index is 0.932. The maximum atomic E-state index is 4.62. The van der Waals surface area contributed by atoms with Crippen molar-refractivity contribution in [3.63, 3.8) is 0 Å². The van der Waals surface area contributed by atoms with E-state index in [4.69, 9.17) is 0 Å². The van der Waals surface area contributed by atoms with Crippen LogP contribution in [0.4, 0.5) is 0 Å². The molecule has 0 saturated heterocycles. The number of aryl methyl sites for hydroxylation is 2.